The van der Waals surface area contributed by atoms with Gasteiger partial charge in [0.2, 0.25) is 5.91 Å². The first-order valence-electron chi connectivity index (χ1n) is 11.0. The zero-order valence-electron chi connectivity index (χ0n) is 18.5. The van der Waals surface area contributed by atoms with Gasteiger partial charge in [-0.25, -0.2) is 4.79 Å². The standard InChI is InChI=1S/C23H31ClN2O5/c1-23(2,3)31-22(28)26-7-9-30-14-20(26)19-11-17(24)10-16-12-25(6-4-18(16)19)21(27)15-5-8-29-13-15/h10-11,15,20H,4-9,12-14H2,1-3H3/t15-,20-/m0/s1. The number of amides is 2. The Balaban J connectivity index is 1.59. The first-order valence-corrected chi connectivity index (χ1v) is 11.4. The lowest BCUT2D eigenvalue weighted by Crippen LogP contribution is -2.46. The second kappa shape index (κ2) is 8.96. The molecule has 0 saturated carbocycles. The number of fused-ring (bicyclic) bond motifs is 1. The third-order valence-electron chi connectivity index (χ3n) is 6.04. The van der Waals surface area contributed by atoms with E-state index < -0.39 is 5.60 Å². The molecule has 7 nitrogen and oxygen atoms in total. The van der Waals surface area contributed by atoms with Crippen molar-refractivity contribution >= 4 is 23.6 Å². The lowest BCUT2D eigenvalue weighted by atomic mass is 9.89. The zero-order chi connectivity index (χ0) is 22.2. The van der Waals surface area contributed by atoms with Gasteiger partial charge in [0.05, 0.1) is 31.8 Å². The minimum absolute atomic E-state index is 0.0467. The van der Waals surface area contributed by atoms with Crippen LogP contribution in [0.15, 0.2) is 12.1 Å². The van der Waals surface area contributed by atoms with E-state index in [9.17, 15) is 9.59 Å². The maximum atomic E-state index is 12.9. The predicted octanol–water partition coefficient (Wildman–Crippen LogP) is 3.57. The largest absolute Gasteiger partial charge is 0.444 e. The second-order valence-electron chi connectivity index (χ2n) is 9.47. The molecule has 2 fully saturated rings. The molecule has 3 aliphatic rings. The van der Waals surface area contributed by atoms with Gasteiger partial charge in [0.15, 0.2) is 0 Å². The van der Waals surface area contributed by atoms with Gasteiger partial charge in [-0.1, -0.05) is 11.6 Å². The zero-order valence-corrected chi connectivity index (χ0v) is 19.2. The molecular formula is C23H31ClN2O5. The molecule has 0 unspecified atom stereocenters. The summed E-state index contributed by atoms with van der Waals surface area (Å²) in [5, 5.41) is 0.599. The molecule has 0 N–H and O–H groups in total. The first-order chi connectivity index (χ1) is 14.7. The van der Waals surface area contributed by atoms with Crippen LogP contribution in [0.2, 0.25) is 5.02 Å². The van der Waals surface area contributed by atoms with E-state index in [1.807, 2.05) is 37.8 Å². The van der Waals surface area contributed by atoms with Gasteiger partial charge >= 0.3 is 6.09 Å². The minimum atomic E-state index is -0.571. The van der Waals surface area contributed by atoms with Gasteiger partial charge in [-0.15, -0.1) is 0 Å². The van der Waals surface area contributed by atoms with Gasteiger partial charge in [0, 0.05) is 31.3 Å². The maximum Gasteiger partial charge on any atom is 0.410 e. The third kappa shape index (κ3) is 4.99. The summed E-state index contributed by atoms with van der Waals surface area (Å²) in [6, 6.07) is 3.60. The number of rotatable bonds is 2. The molecule has 31 heavy (non-hydrogen) atoms. The van der Waals surface area contributed by atoms with Gasteiger partial charge < -0.3 is 19.1 Å². The summed E-state index contributed by atoms with van der Waals surface area (Å²) in [6.45, 7) is 9.26. The van der Waals surface area contributed by atoms with E-state index in [1.165, 1.54) is 0 Å². The highest BCUT2D eigenvalue weighted by Gasteiger charge is 2.36. The highest BCUT2D eigenvalue weighted by atomic mass is 35.5. The van der Waals surface area contributed by atoms with Crippen molar-refractivity contribution in [1.29, 1.82) is 0 Å². The van der Waals surface area contributed by atoms with E-state index in [-0.39, 0.29) is 24.0 Å². The molecule has 1 aromatic rings. The molecule has 1 aromatic carbocycles. The van der Waals surface area contributed by atoms with Crippen LogP contribution in [-0.4, -0.2) is 66.9 Å². The summed E-state index contributed by atoms with van der Waals surface area (Å²) in [5.74, 6) is 0.107. The molecule has 0 aromatic heterocycles. The van der Waals surface area contributed by atoms with Gasteiger partial charge in [-0.3, -0.25) is 9.69 Å². The van der Waals surface area contributed by atoms with Crippen LogP contribution >= 0.6 is 11.6 Å². The van der Waals surface area contributed by atoms with Crippen molar-refractivity contribution in [3.8, 4) is 0 Å². The van der Waals surface area contributed by atoms with Crippen molar-refractivity contribution in [3.63, 3.8) is 0 Å². The number of carbonyl (C=O) groups excluding carboxylic acids is 2. The smallest absolute Gasteiger partial charge is 0.410 e. The molecule has 0 spiro atoms. The molecular weight excluding hydrogens is 420 g/mol. The van der Waals surface area contributed by atoms with Crippen LogP contribution in [0.4, 0.5) is 4.79 Å². The minimum Gasteiger partial charge on any atom is -0.444 e. The fraction of sp³-hybridized carbons (Fsp3) is 0.652. The topological polar surface area (TPSA) is 68.3 Å². The Labute approximate surface area is 188 Å². The van der Waals surface area contributed by atoms with Crippen LogP contribution in [0.3, 0.4) is 0 Å². The summed E-state index contributed by atoms with van der Waals surface area (Å²) in [5.41, 5.74) is 2.61. The lowest BCUT2D eigenvalue weighted by Gasteiger charge is -2.39. The molecule has 170 valence electrons. The predicted molar refractivity (Wildman–Crippen MR) is 116 cm³/mol. The van der Waals surface area contributed by atoms with E-state index >= 15 is 0 Å². The van der Waals surface area contributed by atoms with Crippen LogP contribution in [0.1, 0.15) is 49.9 Å². The average molecular weight is 451 g/mol. The number of hydrogen-bond acceptors (Lipinski definition) is 5. The Bertz CT molecular complexity index is 847. The fourth-order valence-corrected chi connectivity index (χ4v) is 4.82. The summed E-state index contributed by atoms with van der Waals surface area (Å²) >= 11 is 6.49. The van der Waals surface area contributed by atoms with E-state index in [2.05, 4.69) is 0 Å². The molecule has 2 saturated heterocycles. The molecule has 3 heterocycles. The van der Waals surface area contributed by atoms with E-state index in [4.69, 9.17) is 25.8 Å². The number of benzene rings is 1. The Morgan fingerprint density at radius 1 is 1.13 bits per heavy atom. The molecule has 2 amide bonds. The SMILES string of the molecule is CC(C)(C)OC(=O)N1CCOC[C@H]1c1cc(Cl)cc2c1CCN(C(=O)[C@H]1CCOC1)C2. The number of ether oxygens (including phenoxy) is 3. The number of hydrogen-bond donors (Lipinski definition) is 0. The Kier molecular flexibility index (Phi) is 6.47. The van der Waals surface area contributed by atoms with Crippen LogP contribution in [-0.2, 0) is 32.0 Å². The summed E-state index contributed by atoms with van der Waals surface area (Å²) < 4.78 is 16.8. The van der Waals surface area contributed by atoms with Crippen LogP contribution in [0, 0.1) is 5.92 Å². The van der Waals surface area contributed by atoms with Crippen molar-refractivity contribution in [2.75, 3.05) is 39.5 Å². The van der Waals surface area contributed by atoms with Crippen molar-refractivity contribution in [2.45, 2.75) is 51.8 Å². The Morgan fingerprint density at radius 2 is 1.90 bits per heavy atom. The van der Waals surface area contributed by atoms with Crippen molar-refractivity contribution in [3.05, 3.63) is 33.8 Å². The van der Waals surface area contributed by atoms with Gasteiger partial charge in [-0.05, 0) is 62.4 Å². The van der Waals surface area contributed by atoms with E-state index in [1.54, 1.807) is 4.90 Å². The molecule has 4 rings (SSSR count). The van der Waals surface area contributed by atoms with Crippen LogP contribution in [0.25, 0.3) is 0 Å². The molecule has 8 heteroatoms. The molecule has 3 aliphatic heterocycles. The van der Waals surface area contributed by atoms with Gasteiger partial charge in [-0.2, -0.15) is 0 Å². The second-order valence-corrected chi connectivity index (χ2v) is 9.90. The van der Waals surface area contributed by atoms with Crippen molar-refractivity contribution in [1.82, 2.24) is 9.80 Å². The summed E-state index contributed by atoms with van der Waals surface area (Å²) in [6.07, 6.45) is 1.16. The molecule has 0 bridgehead atoms. The maximum absolute atomic E-state index is 12.9. The molecule has 0 radical (unpaired) electrons. The van der Waals surface area contributed by atoms with Crippen LogP contribution in [0.5, 0.6) is 0 Å². The first kappa shape index (κ1) is 22.4. The highest BCUT2D eigenvalue weighted by Crippen LogP contribution is 2.35. The van der Waals surface area contributed by atoms with Gasteiger partial charge in [0.25, 0.3) is 0 Å². The Hall–Kier alpha value is -1.83. The van der Waals surface area contributed by atoms with Crippen molar-refractivity contribution < 1.29 is 23.8 Å². The van der Waals surface area contributed by atoms with Crippen molar-refractivity contribution in [2.24, 2.45) is 5.92 Å². The summed E-state index contributed by atoms with van der Waals surface area (Å²) in [7, 11) is 0. The number of halogens is 1. The van der Waals surface area contributed by atoms with Gasteiger partial charge in [0.1, 0.15) is 5.60 Å². The molecule has 0 aliphatic carbocycles. The van der Waals surface area contributed by atoms with E-state index in [0.717, 1.165) is 29.5 Å². The summed E-state index contributed by atoms with van der Waals surface area (Å²) in [4.78, 5) is 29.4. The Morgan fingerprint density at radius 3 is 2.61 bits per heavy atom. The lowest BCUT2D eigenvalue weighted by molar-refractivity contribution is -0.136. The van der Waals surface area contributed by atoms with Crippen LogP contribution < -0.4 is 0 Å². The van der Waals surface area contributed by atoms with E-state index in [0.29, 0.717) is 51.1 Å². The quantitative estimate of drug-likeness (QED) is 0.689. The number of carbonyl (C=O) groups is 2. The monoisotopic (exact) mass is 450 g/mol. The highest BCUT2D eigenvalue weighted by molar-refractivity contribution is 6.30. The fourth-order valence-electron chi connectivity index (χ4n) is 4.57. The molecule has 2 atom stereocenters. The average Bonchev–Trinajstić information content (AvgIpc) is 3.25. The number of morpholine rings is 1. The third-order valence-corrected chi connectivity index (χ3v) is 6.26. The normalized spacial score (nSPS) is 24.1. The number of nitrogens with zero attached hydrogens (tertiary/aromatic N) is 2.